The van der Waals surface area contributed by atoms with Crippen LogP contribution in [0.1, 0.15) is 33.1 Å². The van der Waals surface area contributed by atoms with Crippen LogP contribution < -0.4 is 5.73 Å². The normalized spacial score (nSPS) is 33.1. The molecule has 90 valence electrons. The zero-order valence-electron chi connectivity index (χ0n) is 9.90. The molecule has 0 aromatic carbocycles. The fourth-order valence-electron chi connectivity index (χ4n) is 2.60. The van der Waals surface area contributed by atoms with E-state index in [1.165, 1.54) is 0 Å². The highest BCUT2D eigenvalue weighted by Gasteiger charge is 2.56. The lowest BCUT2D eigenvalue weighted by Gasteiger charge is -2.49. The molecule has 0 saturated heterocycles. The summed E-state index contributed by atoms with van der Waals surface area (Å²) in [5.41, 5.74) is 5.55. The second-order valence-electron chi connectivity index (χ2n) is 4.45. The molecule has 5 nitrogen and oxygen atoms in total. The minimum atomic E-state index is -0.326. The van der Waals surface area contributed by atoms with Gasteiger partial charge in [0, 0.05) is 26.0 Å². The maximum absolute atomic E-state index is 11.7. The van der Waals surface area contributed by atoms with E-state index in [9.17, 15) is 4.79 Å². The third-order valence-corrected chi connectivity index (χ3v) is 3.42. The first kappa shape index (κ1) is 11.4. The van der Waals surface area contributed by atoms with Crippen LogP contribution in [0.5, 0.6) is 0 Å². The van der Waals surface area contributed by atoms with Gasteiger partial charge in [0.2, 0.25) is 0 Å². The topological polar surface area (TPSA) is 67.9 Å². The van der Waals surface area contributed by atoms with Crippen molar-refractivity contribution in [2.75, 3.05) is 13.2 Å². The molecule has 5 heteroatoms. The van der Waals surface area contributed by atoms with Gasteiger partial charge in [-0.1, -0.05) is 6.92 Å². The maximum Gasteiger partial charge on any atom is 0.346 e. The highest BCUT2D eigenvalue weighted by Crippen LogP contribution is 2.43. The fourth-order valence-corrected chi connectivity index (χ4v) is 2.60. The Balaban J connectivity index is 2.08. The number of rotatable bonds is 4. The molecule has 1 spiro atoms. The molecule has 0 aromatic rings. The molecule has 2 rings (SSSR count). The lowest BCUT2D eigenvalue weighted by Crippen LogP contribution is -2.64. The summed E-state index contributed by atoms with van der Waals surface area (Å²) in [6.45, 7) is 5.46. The number of amidine groups is 1. The summed E-state index contributed by atoms with van der Waals surface area (Å²) in [6.07, 6.45) is 2.74. The summed E-state index contributed by atoms with van der Waals surface area (Å²) < 4.78 is 5.53. The van der Waals surface area contributed by atoms with Crippen molar-refractivity contribution >= 4 is 11.9 Å². The van der Waals surface area contributed by atoms with Gasteiger partial charge in [0.1, 0.15) is 11.4 Å². The van der Waals surface area contributed by atoms with Crippen molar-refractivity contribution in [3.8, 4) is 0 Å². The van der Waals surface area contributed by atoms with Gasteiger partial charge in [0.05, 0.1) is 6.10 Å². The number of aliphatic imine (C=N–C) groups is 1. The number of nitrogens with two attached hydrogens (primary N) is 1. The molecular weight excluding hydrogens is 206 g/mol. The van der Waals surface area contributed by atoms with Crippen molar-refractivity contribution in [1.29, 1.82) is 0 Å². The Kier molecular flexibility index (Phi) is 2.88. The number of hydrogen-bond acceptors (Lipinski definition) is 3. The average molecular weight is 225 g/mol. The number of nitrogens with zero attached hydrogens (tertiary/aromatic N) is 2. The highest BCUT2D eigenvalue weighted by atomic mass is 16.5. The molecule has 0 bridgehead atoms. The Labute approximate surface area is 95.6 Å². The number of carbonyl (C=O) groups is 1. The molecule has 2 amide bonds. The molecule has 2 N–H and O–H groups in total. The van der Waals surface area contributed by atoms with Crippen LogP contribution in [0.4, 0.5) is 4.79 Å². The van der Waals surface area contributed by atoms with Crippen molar-refractivity contribution in [3.05, 3.63) is 0 Å². The monoisotopic (exact) mass is 225 g/mol. The predicted octanol–water partition coefficient (Wildman–Crippen LogP) is 1.13. The first-order chi connectivity index (χ1) is 7.64. The standard InChI is InChI=1S/C11H19N3O2/c1-3-5-14-10(15)13-9(12)11(14)6-8(7-11)16-4-2/h8H,3-7H2,1-2H3,(H2,12,13,15). The second-order valence-corrected chi connectivity index (χ2v) is 4.45. The van der Waals surface area contributed by atoms with Crippen molar-refractivity contribution in [2.24, 2.45) is 10.7 Å². The van der Waals surface area contributed by atoms with E-state index < -0.39 is 0 Å². The molecule has 1 aliphatic heterocycles. The molecule has 1 heterocycles. The number of hydrogen-bond donors (Lipinski definition) is 1. The summed E-state index contributed by atoms with van der Waals surface area (Å²) in [6, 6.07) is -0.186. The molecule has 16 heavy (non-hydrogen) atoms. The van der Waals surface area contributed by atoms with Crippen molar-refractivity contribution in [2.45, 2.75) is 44.8 Å². The van der Waals surface area contributed by atoms with Gasteiger partial charge in [-0.2, -0.15) is 4.99 Å². The summed E-state index contributed by atoms with van der Waals surface area (Å²) >= 11 is 0. The van der Waals surface area contributed by atoms with E-state index in [1.807, 2.05) is 13.8 Å². The zero-order valence-corrected chi connectivity index (χ0v) is 9.90. The van der Waals surface area contributed by atoms with Gasteiger partial charge in [0.15, 0.2) is 0 Å². The van der Waals surface area contributed by atoms with Crippen molar-refractivity contribution in [1.82, 2.24) is 4.90 Å². The lowest BCUT2D eigenvalue weighted by molar-refractivity contribution is -0.0549. The van der Waals surface area contributed by atoms with E-state index in [0.29, 0.717) is 12.4 Å². The molecule has 0 atom stereocenters. The van der Waals surface area contributed by atoms with Gasteiger partial charge in [-0.3, -0.25) is 0 Å². The average Bonchev–Trinajstić information content (AvgIpc) is 2.41. The summed E-state index contributed by atoms with van der Waals surface area (Å²) in [7, 11) is 0. The Morgan fingerprint density at radius 2 is 2.25 bits per heavy atom. The van der Waals surface area contributed by atoms with Gasteiger partial charge in [0.25, 0.3) is 0 Å². The van der Waals surface area contributed by atoms with E-state index in [1.54, 1.807) is 4.90 Å². The summed E-state index contributed by atoms with van der Waals surface area (Å²) in [5, 5.41) is 0. The molecular formula is C11H19N3O2. The van der Waals surface area contributed by atoms with Crippen LogP contribution in [0, 0.1) is 0 Å². The SMILES string of the molecule is CCCN1C(=O)N=C(N)C12CC(OCC)C2. The number of urea groups is 1. The summed E-state index contributed by atoms with van der Waals surface area (Å²) in [5.74, 6) is 0.474. The van der Waals surface area contributed by atoms with Crippen molar-refractivity contribution in [3.63, 3.8) is 0 Å². The molecule has 1 saturated carbocycles. The van der Waals surface area contributed by atoms with Gasteiger partial charge in [-0.05, 0) is 13.3 Å². The largest absolute Gasteiger partial charge is 0.385 e. The zero-order chi connectivity index (χ0) is 11.8. The van der Waals surface area contributed by atoms with E-state index in [0.717, 1.165) is 25.8 Å². The van der Waals surface area contributed by atoms with Crippen molar-refractivity contribution < 1.29 is 9.53 Å². The van der Waals surface area contributed by atoms with E-state index in [4.69, 9.17) is 10.5 Å². The number of carbonyl (C=O) groups excluding carboxylic acids is 1. The highest BCUT2D eigenvalue weighted by molar-refractivity contribution is 6.06. The van der Waals surface area contributed by atoms with Crippen LogP contribution in [0.25, 0.3) is 0 Å². The molecule has 2 aliphatic rings. The first-order valence-corrected chi connectivity index (χ1v) is 5.92. The predicted molar refractivity (Wildman–Crippen MR) is 61.4 cm³/mol. The van der Waals surface area contributed by atoms with Crippen LogP contribution >= 0.6 is 0 Å². The Morgan fingerprint density at radius 3 is 2.81 bits per heavy atom. The molecule has 0 aromatic heterocycles. The Bertz CT molecular complexity index is 321. The minimum absolute atomic E-state index is 0.186. The molecule has 0 unspecified atom stereocenters. The molecule has 0 radical (unpaired) electrons. The summed E-state index contributed by atoms with van der Waals surface area (Å²) in [4.78, 5) is 17.4. The Morgan fingerprint density at radius 1 is 1.56 bits per heavy atom. The van der Waals surface area contributed by atoms with Gasteiger partial charge >= 0.3 is 6.03 Å². The number of ether oxygens (including phenoxy) is 1. The Hall–Kier alpha value is -1.10. The first-order valence-electron chi connectivity index (χ1n) is 5.92. The second kappa shape index (κ2) is 4.05. The van der Waals surface area contributed by atoms with E-state index >= 15 is 0 Å². The quantitative estimate of drug-likeness (QED) is 0.779. The van der Waals surface area contributed by atoms with E-state index in [2.05, 4.69) is 4.99 Å². The van der Waals surface area contributed by atoms with Crippen LogP contribution in [0.2, 0.25) is 0 Å². The van der Waals surface area contributed by atoms with Gasteiger partial charge < -0.3 is 15.4 Å². The third kappa shape index (κ3) is 1.50. The number of amides is 2. The molecule has 1 aliphatic carbocycles. The maximum atomic E-state index is 11.7. The lowest BCUT2D eigenvalue weighted by atomic mass is 9.72. The van der Waals surface area contributed by atoms with Crippen LogP contribution in [-0.2, 0) is 4.74 Å². The smallest absolute Gasteiger partial charge is 0.346 e. The third-order valence-electron chi connectivity index (χ3n) is 3.42. The van der Waals surface area contributed by atoms with Crippen LogP contribution in [0.3, 0.4) is 0 Å². The minimum Gasteiger partial charge on any atom is -0.385 e. The van der Waals surface area contributed by atoms with Crippen LogP contribution in [0.15, 0.2) is 4.99 Å². The van der Waals surface area contributed by atoms with Gasteiger partial charge in [-0.15, -0.1) is 0 Å². The van der Waals surface area contributed by atoms with Gasteiger partial charge in [-0.25, -0.2) is 4.79 Å². The van der Waals surface area contributed by atoms with E-state index in [-0.39, 0.29) is 17.7 Å². The fraction of sp³-hybridized carbons (Fsp3) is 0.818. The molecule has 1 fully saturated rings. The van der Waals surface area contributed by atoms with Crippen LogP contribution in [-0.4, -0.2) is 41.6 Å².